The van der Waals surface area contributed by atoms with E-state index in [1.165, 1.54) is 0 Å². The Labute approximate surface area is 121 Å². The van der Waals surface area contributed by atoms with Crippen molar-refractivity contribution in [3.63, 3.8) is 0 Å². The van der Waals surface area contributed by atoms with Crippen molar-refractivity contribution >= 4 is 0 Å². The number of benzene rings is 1. The molecule has 1 aromatic rings. The molecule has 1 saturated heterocycles. The number of hydrogen-bond acceptors (Lipinski definition) is 4. The molecule has 0 aromatic heterocycles. The third kappa shape index (κ3) is 4.20. The summed E-state index contributed by atoms with van der Waals surface area (Å²) in [4.78, 5) is 0. The van der Waals surface area contributed by atoms with Crippen molar-refractivity contribution in [1.29, 1.82) is 0 Å². The highest BCUT2D eigenvalue weighted by Crippen LogP contribution is 2.25. The normalized spacial score (nSPS) is 17.9. The van der Waals surface area contributed by atoms with E-state index in [9.17, 15) is 0 Å². The maximum atomic E-state index is 6.05. The summed E-state index contributed by atoms with van der Waals surface area (Å²) in [5.41, 5.74) is 1.16. The molecular weight excluding hydrogens is 254 g/mol. The molecule has 1 fully saturated rings. The summed E-state index contributed by atoms with van der Waals surface area (Å²) in [5.74, 6) is 0.911. The minimum Gasteiger partial charge on any atom is -0.496 e. The van der Waals surface area contributed by atoms with Gasteiger partial charge in [0.1, 0.15) is 5.75 Å². The van der Waals surface area contributed by atoms with Gasteiger partial charge in [0.15, 0.2) is 0 Å². The van der Waals surface area contributed by atoms with E-state index in [2.05, 4.69) is 18.3 Å². The lowest BCUT2D eigenvalue weighted by Crippen LogP contribution is -2.30. The average molecular weight is 279 g/mol. The predicted octanol–water partition coefficient (Wildman–Crippen LogP) is 2.54. The average Bonchev–Trinajstić information content (AvgIpc) is 2.52. The lowest BCUT2D eigenvalue weighted by molar-refractivity contribution is -0.0383. The number of ether oxygens (including phenoxy) is 3. The predicted molar refractivity (Wildman–Crippen MR) is 79.2 cm³/mol. The van der Waals surface area contributed by atoms with Crippen LogP contribution in [0.3, 0.4) is 0 Å². The number of likely N-dealkylation sites (N-methyl/N-ethyl adjacent to an activating group) is 1. The van der Waals surface area contributed by atoms with Crippen molar-refractivity contribution in [2.45, 2.75) is 31.9 Å². The SMILES string of the molecule is CCNC(COC1CCOCC1)c1ccccc1OC. The quantitative estimate of drug-likeness (QED) is 0.832. The van der Waals surface area contributed by atoms with Crippen LogP contribution in [0.15, 0.2) is 24.3 Å². The Balaban J connectivity index is 1.98. The highest BCUT2D eigenvalue weighted by atomic mass is 16.5. The van der Waals surface area contributed by atoms with Gasteiger partial charge in [0, 0.05) is 18.8 Å². The van der Waals surface area contributed by atoms with Gasteiger partial charge in [-0.1, -0.05) is 25.1 Å². The van der Waals surface area contributed by atoms with Gasteiger partial charge >= 0.3 is 0 Å². The Kier molecular flexibility index (Phi) is 6.30. The zero-order chi connectivity index (χ0) is 14.2. The molecule has 0 amide bonds. The minimum atomic E-state index is 0.166. The van der Waals surface area contributed by atoms with E-state index in [0.29, 0.717) is 12.7 Å². The van der Waals surface area contributed by atoms with Crippen molar-refractivity contribution < 1.29 is 14.2 Å². The Morgan fingerprint density at radius 2 is 2.05 bits per heavy atom. The standard InChI is InChI=1S/C16H25NO3/c1-3-17-15(12-20-13-8-10-19-11-9-13)14-6-4-5-7-16(14)18-2/h4-7,13,15,17H,3,8-12H2,1-2H3. The molecule has 0 saturated carbocycles. The molecule has 0 bridgehead atoms. The van der Waals surface area contributed by atoms with Crippen LogP contribution in [0.25, 0.3) is 0 Å². The van der Waals surface area contributed by atoms with Crippen LogP contribution in [-0.2, 0) is 9.47 Å². The molecule has 1 heterocycles. The maximum Gasteiger partial charge on any atom is 0.123 e. The van der Waals surface area contributed by atoms with Gasteiger partial charge in [0.05, 0.1) is 25.9 Å². The molecule has 20 heavy (non-hydrogen) atoms. The fraction of sp³-hybridized carbons (Fsp3) is 0.625. The van der Waals surface area contributed by atoms with Crippen LogP contribution in [0.4, 0.5) is 0 Å². The van der Waals surface area contributed by atoms with Crippen LogP contribution in [0.5, 0.6) is 5.75 Å². The van der Waals surface area contributed by atoms with Gasteiger partial charge in [-0.25, -0.2) is 0 Å². The highest BCUT2D eigenvalue weighted by molar-refractivity contribution is 5.35. The summed E-state index contributed by atoms with van der Waals surface area (Å²) in [6.45, 7) is 5.30. The molecule has 0 aliphatic carbocycles. The first-order valence-electron chi connectivity index (χ1n) is 7.40. The zero-order valence-electron chi connectivity index (χ0n) is 12.4. The van der Waals surface area contributed by atoms with Gasteiger partial charge in [-0.3, -0.25) is 0 Å². The summed E-state index contributed by atoms with van der Waals surface area (Å²) in [5, 5.41) is 3.48. The Bertz CT molecular complexity index is 391. The zero-order valence-corrected chi connectivity index (χ0v) is 12.4. The first-order chi connectivity index (χ1) is 9.85. The highest BCUT2D eigenvalue weighted by Gasteiger charge is 2.19. The van der Waals surface area contributed by atoms with E-state index >= 15 is 0 Å². The van der Waals surface area contributed by atoms with E-state index in [-0.39, 0.29) is 6.04 Å². The molecular formula is C16H25NO3. The smallest absolute Gasteiger partial charge is 0.123 e. The molecule has 4 heteroatoms. The largest absolute Gasteiger partial charge is 0.496 e. The van der Waals surface area contributed by atoms with E-state index in [1.807, 2.05) is 18.2 Å². The Hall–Kier alpha value is -1.10. The lowest BCUT2D eigenvalue weighted by atomic mass is 10.1. The summed E-state index contributed by atoms with van der Waals surface area (Å²) in [6.07, 6.45) is 2.30. The topological polar surface area (TPSA) is 39.7 Å². The van der Waals surface area contributed by atoms with Crippen LogP contribution in [-0.4, -0.2) is 39.6 Å². The summed E-state index contributed by atoms with van der Waals surface area (Å²) in [7, 11) is 1.71. The molecule has 0 radical (unpaired) electrons. The Morgan fingerprint density at radius 3 is 2.75 bits per heavy atom. The fourth-order valence-corrected chi connectivity index (χ4v) is 2.53. The second kappa shape index (κ2) is 8.25. The second-order valence-electron chi connectivity index (χ2n) is 5.00. The molecule has 1 aliphatic heterocycles. The molecule has 112 valence electrons. The van der Waals surface area contributed by atoms with Gasteiger partial charge in [0.25, 0.3) is 0 Å². The van der Waals surface area contributed by atoms with E-state index < -0.39 is 0 Å². The van der Waals surface area contributed by atoms with Crippen molar-refractivity contribution in [3.8, 4) is 5.75 Å². The van der Waals surface area contributed by atoms with Crippen LogP contribution in [0.1, 0.15) is 31.4 Å². The number of para-hydroxylation sites is 1. The van der Waals surface area contributed by atoms with Crippen LogP contribution in [0, 0.1) is 0 Å². The minimum absolute atomic E-state index is 0.166. The van der Waals surface area contributed by atoms with Crippen molar-refractivity contribution in [2.24, 2.45) is 0 Å². The Morgan fingerprint density at radius 1 is 1.30 bits per heavy atom. The first kappa shape index (κ1) is 15.3. The monoisotopic (exact) mass is 279 g/mol. The molecule has 0 spiro atoms. The molecule has 2 rings (SSSR count). The summed E-state index contributed by atoms with van der Waals surface area (Å²) >= 11 is 0. The van der Waals surface area contributed by atoms with E-state index in [4.69, 9.17) is 14.2 Å². The molecule has 1 N–H and O–H groups in total. The molecule has 1 atom stereocenters. The van der Waals surface area contributed by atoms with Gasteiger partial charge in [-0.15, -0.1) is 0 Å². The molecule has 1 aromatic carbocycles. The fourth-order valence-electron chi connectivity index (χ4n) is 2.53. The molecule has 4 nitrogen and oxygen atoms in total. The van der Waals surface area contributed by atoms with E-state index in [1.54, 1.807) is 7.11 Å². The van der Waals surface area contributed by atoms with Gasteiger partial charge in [-0.2, -0.15) is 0 Å². The number of nitrogens with one attached hydrogen (secondary N) is 1. The second-order valence-corrected chi connectivity index (χ2v) is 5.00. The summed E-state index contributed by atoms with van der Waals surface area (Å²) < 4.78 is 16.9. The van der Waals surface area contributed by atoms with Crippen molar-refractivity contribution in [1.82, 2.24) is 5.32 Å². The third-order valence-electron chi connectivity index (χ3n) is 3.63. The number of rotatable bonds is 7. The lowest BCUT2D eigenvalue weighted by Gasteiger charge is -2.26. The van der Waals surface area contributed by atoms with Crippen LogP contribution < -0.4 is 10.1 Å². The van der Waals surface area contributed by atoms with Crippen LogP contribution >= 0.6 is 0 Å². The number of hydrogen-bond donors (Lipinski definition) is 1. The molecule has 1 unspecified atom stereocenters. The molecule has 1 aliphatic rings. The van der Waals surface area contributed by atoms with Crippen molar-refractivity contribution in [2.75, 3.05) is 33.5 Å². The number of methoxy groups -OCH3 is 1. The third-order valence-corrected chi connectivity index (χ3v) is 3.63. The van der Waals surface area contributed by atoms with E-state index in [0.717, 1.165) is 43.9 Å². The van der Waals surface area contributed by atoms with Crippen molar-refractivity contribution in [3.05, 3.63) is 29.8 Å². The van der Waals surface area contributed by atoms with Crippen LogP contribution in [0.2, 0.25) is 0 Å². The maximum absolute atomic E-state index is 6.05. The first-order valence-corrected chi connectivity index (χ1v) is 7.40. The van der Waals surface area contributed by atoms with Gasteiger partial charge in [0.2, 0.25) is 0 Å². The summed E-state index contributed by atoms with van der Waals surface area (Å²) in [6, 6.07) is 8.29. The van der Waals surface area contributed by atoms with Gasteiger partial charge in [-0.05, 0) is 25.5 Å². The van der Waals surface area contributed by atoms with Gasteiger partial charge < -0.3 is 19.5 Å².